The molecule has 0 unspecified atom stereocenters. The smallest absolute Gasteiger partial charge is 0.226 e. The predicted molar refractivity (Wildman–Crippen MR) is 74.7 cm³/mol. The average Bonchev–Trinajstić information content (AvgIpc) is 2.35. The van der Waals surface area contributed by atoms with Crippen LogP contribution in [-0.4, -0.2) is 58.3 Å². The number of β-amino-alcohol motifs (C(OH)–C–C–N with tert-alkyl or cyclic N) is 1. The van der Waals surface area contributed by atoms with Crippen LogP contribution in [0.5, 0.6) is 5.75 Å². The highest BCUT2D eigenvalue weighted by atomic mass is 16.4. The first-order valence-corrected chi connectivity index (χ1v) is 6.81. The third-order valence-corrected chi connectivity index (χ3v) is 3.32. The molecule has 1 aliphatic heterocycles. The number of piperazine rings is 1. The molecule has 1 fully saturated rings. The third kappa shape index (κ3) is 4.33. The summed E-state index contributed by atoms with van der Waals surface area (Å²) in [6, 6.07) is 1.33. The van der Waals surface area contributed by atoms with Gasteiger partial charge in [-0.1, -0.05) is 0 Å². The van der Waals surface area contributed by atoms with Gasteiger partial charge in [0.2, 0.25) is 5.43 Å². The summed E-state index contributed by atoms with van der Waals surface area (Å²) in [4.78, 5) is 15.7. The van der Waals surface area contributed by atoms with Crippen molar-refractivity contribution in [2.24, 2.45) is 0 Å². The molecular weight excluding hydrogens is 260 g/mol. The van der Waals surface area contributed by atoms with Crippen LogP contribution in [0, 0.1) is 0 Å². The van der Waals surface area contributed by atoms with Gasteiger partial charge in [0.1, 0.15) is 12.0 Å². The normalized spacial score (nSPS) is 18.4. The maximum absolute atomic E-state index is 11.3. The molecule has 0 saturated carbocycles. The van der Waals surface area contributed by atoms with E-state index in [0.29, 0.717) is 18.8 Å². The molecule has 0 aliphatic carbocycles. The topological polar surface area (TPSA) is 77.2 Å². The summed E-state index contributed by atoms with van der Waals surface area (Å²) >= 11 is 0. The Morgan fingerprint density at radius 1 is 1.25 bits per heavy atom. The van der Waals surface area contributed by atoms with Crippen molar-refractivity contribution in [3.05, 3.63) is 28.3 Å². The third-order valence-electron chi connectivity index (χ3n) is 3.32. The zero-order valence-corrected chi connectivity index (χ0v) is 12.0. The van der Waals surface area contributed by atoms with Gasteiger partial charge in [0.05, 0.1) is 12.1 Å². The van der Waals surface area contributed by atoms with Crippen LogP contribution in [0.3, 0.4) is 0 Å². The summed E-state index contributed by atoms with van der Waals surface area (Å²) in [6.07, 6.45) is 1.09. The number of rotatable bonds is 4. The Hall–Kier alpha value is -1.37. The minimum atomic E-state index is -0.675. The van der Waals surface area contributed by atoms with Crippen LogP contribution in [0.25, 0.3) is 0 Å². The van der Waals surface area contributed by atoms with Crippen LogP contribution in [0.1, 0.15) is 19.6 Å². The Labute approximate surface area is 118 Å². The van der Waals surface area contributed by atoms with Crippen LogP contribution in [-0.2, 0) is 6.54 Å². The van der Waals surface area contributed by atoms with E-state index in [0.717, 1.165) is 32.4 Å². The van der Waals surface area contributed by atoms with E-state index < -0.39 is 11.0 Å². The number of hydrogen-bond donors (Lipinski definition) is 2. The first-order valence-electron chi connectivity index (χ1n) is 6.81. The Balaban J connectivity index is 1.85. The molecule has 6 heteroatoms. The van der Waals surface area contributed by atoms with Gasteiger partial charge in [0.25, 0.3) is 0 Å². The fourth-order valence-electron chi connectivity index (χ4n) is 2.40. The van der Waals surface area contributed by atoms with Crippen LogP contribution >= 0.6 is 0 Å². The van der Waals surface area contributed by atoms with Gasteiger partial charge in [-0.25, -0.2) is 0 Å². The monoisotopic (exact) mass is 282 g/mol. The van der Waals surface area contributed by atoms with Crippen molar-refractivity contribution in [1.29, 1.82) is 0 Å². The zero-order valence-electron chi connectivity index (χ0n) is 12.0. The van der Waals surface area contributed by atoms with E-state index in [9.17, 15) is 9.90 Å². The second-order valence-corrected chi connectivity index (χ2v) is 5.96. The van der Waals surface area contributed by atoms with Crippen LogP contribution < -0.4 is 5.43 Å². The van der Waals surface area contributed by atoms with E-state index in [1.54, 1.807) is 0 Å². The molecule has 2 heterocycles. The van der Waals surface area contributed by atoms with Crippen molar-refractivity contribution in [3.8, 4) is 5.75 Å². The molecular formula is C14H22N2O4. The summed E-state index contributed by atoms with van der Waals surface area (Å²) in [5, 5.41) is 18.9. The van der Waals surface area contributed by atoms with Gasteiger partial charge in [-0.2, -0.15) is 0 Å². The number of aliphatic hydroxyl groups is 1. The first-order chi connectivity index (χ1) is 9.33. The largest absolute Gasteiger partial charge is 0.502 e. The molecule has 6 nitrogen and oxygen atoms in total. The molecule has 0 spiro atoms. The SMILES string of the molecule is CC(C)(O)CN1CCN(Cc2cc(=O)c(O)co2)CC1. The molecule has 2 N–H and O–H groups in total. The average molecular weight is 282 g/mol. The highest BCUT2D eigenvalue weighted by Gasteiger charge is 2.23. The zero-order chi connectivity index (χ0) is 14.8. The van der Waals surface area contributed by atoms with Crippen molar-refractivity contribution < 1.29 is 14.6 Å². The molecule has 2 rings (SSSR count). The lowest BCUT2D eigenvalue weighted by atomic mass is 10.1. The summed E-state index contributed by atoms with van der Waals surface area (Å²) < 4.78 is 5.20. The highest BCUT2D eigenvalue weighted by Crippen LogP contribution is 2.12. The lowest BCUT2D eigenvalue weighted by molar-refractivity contribution is 0.0157. The van der Waals surface area contributed by atoms with Gasteiger partial charge in [0.15, 0.2) is 5.75 Å². The maximum atomic E-state index is 11.3. The van der Waals surface area contributed by atoms with E-state index in [2.05, 4.69) is 9.80 Å². The van der Waals surface area contributed by atoms with E-state index in [4.69, 9.17) is 9.52 Å². The number of hydrogen-bond acceptors (Lipinski definition) is 6. The molecule has 112 valence electrons. The van der Waals surface area contributed by atoms with Gasteiger partial charge in [-0.3, -0.25) is 14.6 Å². The second kappa shape index (κ2) is 5.95. The van der Waals surface area contributed by atoms with Crippen molar-refractivity contribution in [2.75, 3.05) is 32.7 Å². The second-order valence-electron chi connectivity index (χ2n) is 5.96. The van der Waals surface area contributed by atoms with Crippen molar-refractivity contribution >= 4 is 0 Å². The number of nitrogens with zero attached hydrogens (tertiary/aromatic N) is 2. The molecule has 0 radical (unpaired) electrons. The van der Waals surface area contributed by atoms with Crippen LogP contribution in [0.15, 0.2) is 21.5 Å². The summed E-state index contributed by atoms with van der Waals surface area (Å²) in [7, 11) is 0. The fraction of sp³-hybridized carbons (Fsp3) is 0.643. The first kappa shape index (κ1) is 15.0. The minimum absolute atomic E-state index is 0.358. The van der Waals surface area contributed by atoms with Gasteiger partial charge < -0.3 is 14.6 Å². The van der Waals surface area contributed by atoms with Gasteiger partial charge in [-0.15, -0.1) is 0 Å². The van der Waals surface area contributed by atoms with Gasteiger partial charge in [0, 0.05) is 38.8 Å². The molecule has 20 heavy (non-hydrogen) atoms. The summed E-state index contributed by atoms with van der Waals surface area (Å²) in [5.41, 5.74) is -1.08. The Morgan fingerprint density at radius 2 is 1.85 bits per heavy atom. The van der Waals surface area contributed by atoms with E-state index in [1.807, 2.05) is 13.8 Å². The van der Waals surface area contributed by atoms with E-state index in [-0.39, 0.29) is 5.75 Å². The Kier molecular flexibility index (Phi) is 4.47. The van der Waals surface area contributed by atoms with Gasteiger partial charge >= 0.3 is 0 Å². The van der Waals surface area contributed by atoms with E-state index in [1.165, 1.54) is 6.07 Å². The molecule has 0 amide bonds. The summed E-state index contributed by atoms with van der Waals surface area (Å²) in [6.45, 7) is 8.33. The summed E-state index contributed by atoms with van der Waals surface area (Å²) in [5.74, 6) is 0.201. The van der Waals surface area contributed by atoms with Gasteiger partial charge in [-0.05, 0) is 13.8 Å². The standard InChI is InChI=1S/C14H22N2O4/c1-14(2,19)10-16-5-3-15(4-6-16)8-11-7-12(17)13(18)9-20-11/h7,9,18-19H,3-6,8,10H2,1-2H3. The molecule has 1 aliphatic rings. The molecule has 0 aromatic carbocycles. The maximum Gasteiger partial charge on any atom is 0.226 e. The molecule has 1 aromatic rings. The van der Waals surface area contributed by atoms with Crippen LogP contribution in [0.4, 0.5) is 0 Å². The predicted octanol–water partition coefficient (Wildman–Crippen LogP) is 0.234. The lowest BCUT2D eigenvalue weighted by Gasteiger charge is -2.37. The minimum Gasteiger partial charge on any atom is -0.502 e. The molecule has 1 saturated heterocycles. The van der Waals surface area contributed by atoms with Crippen molar-refractivity contribution in [3.63, 3.8) is 0 Å². The lowest BCUT2D eigenvalue weighted by Crippen LogP contribution is -2.50. The van der Waals surface area contributed by atoms with Crippen LogP contribution in [0.2, 0.25) is 0 Å². The van der Waals surface area contributed by atoms with Crippen molar-refractivity contribution in [1.82, 2.24) is 9.80 Å². The fourth-order valence-corrected chi connectivity index (χ4v) is 2.40. The molecule has 0 bridgehead atoms. The Bertz CT molecular complexity index is 499. The van der Waals surface area contributed by atoms with Crippen molar-refractivity contribution in [2.45, 2.75) is 26.0 Å². The molecule has 1 aromatic heterocycles. The Morgan fingerprint density at radius 3 is 2.40 bits per heavy atom. The molecule has 0 atom stereocenters. The highest BCUT2D eigenvalue weighted by molar-refractivity contribution is 5.15. The quantitative estimate of drug-likeness (QED) is 0.823. The van der Waals surface area contributed by atoms with E-state index >= 15 is 0 Å². The number of aromatic hydroxyl groups is 1.